The number of pyridine rings is 2. The lowest BCUT2D eigenvalue weighted by atomic mass is 9.77. The van der Waals surface area contributed by atoms with Gasteiger partial charge in [-0.2, -0.15) is 0 Å². The molecular weight excluding hydrogens is 925 g/mol. The lowest BCUT2D eigenvalue weighted by Gasteiger charge is -2.39. The van der Waals surface area contributed by atoms with Gasteiger partial charge < -0.3 is 28.7 Å². The van der Waals surface area contributed by atoms with Crippen LogP contribution in [0, 0.1) is 23.7 Å². The number of esters is 2. The Morgan fingerprint density at radius 3 is 1.64 bits per heavy atom. The molecule has 4 aromatic heterocycles. The van der Waals surface area contributed by atoms with Crippen LogP contribution in [-0.4, -0.2) is 110 Å². The maximum Gasteiger partial charge on any atom is 0.351 e. The molecule has 0 spiro atoms. The summed E-state index contributed by atoms with van der Waals surface area (Å²) < 4.78 is 9.85. The Morgan fingerprint density at radius 2 is 1.12 bits per heavy atom. The molecule has 0 amide bonds. The molecule has 2 saturated heterocycles. The number of H-pyrrole nitrogens is 2. The Balaban J connectivity index is 0.764. The largest absolute Gasteiger partial charge is 0.385 e. The molecule has 13 nitrogen and oxygen atoms in total. The van der Waals surface area contributed by atoms with E-state index in [0.29, 0.717) is 48.1 Å². The second-order valence-electron chi connectivity index (χ2n) is 22.4. The van der Waals surface area contributed by atoms with Gasteiger partial charge in [-0.05, 0) is 160 Å². The maximum atomic E-state index is 13.7. The van der Waals surface area contributed by atoms with Crippen molar-refractivity contribution in [1.82, 2.24) is 38.7 Å². The summed E-state index contributed by atoms with van der Waals surface area (Å²) in [5, 5.41) is 2.14. The van der Waals surface area contributed by atoms with E-state index in [1.165, 1.54) is 61.2 Å². The highest BCUT2D eigenvalue weighted by Gasteiger charge is 2.44. The Labute approximate surface area is 434 Å². The van der Waals surface area contributed by atoms with Gasteiger partial charge in [0.1, 0.15) is 11.1 Å². The van der Waals surface area contributed by atoms with Crippen LogP contribution in [0.3, 0.4) is 0 Å². The smallest absolute Gasteiger partial charge is 0.351 e. The van der Waals surface area contributed by atoms with E-state index >= 15 is 0 Å². The fourth-order valence-corrected chi connectivity index (χ4v) is 13.9. The summed E-state index contributed by atoms with van der Waals surface area (Å²) in [4.78, 5) is 70.8. The van der Waals surface area contributed by atoms with Gasteiger partial charge in [0.15, 0.2) is 0 Å². The van der Waals surface area contributed by atoms with Crippen molar-refractivity contribution in [3.63, 3.8) is 0 Å². The van der Waals surface area contributed by atoms with E-state index in [9.17, 15) is 19.2 Å². The van der Waals surface area contributed by atoms with Crippen LogP contribution in [0.2, 0.25) is 0 Å². The first-order valence-electron chi connectivity index (χ1n) is 27.1. The molecule has 4 fully saturated rings. The summed E-state index contributed by atoms with van der Waals surface area (Å²) in [5.41, 5.74) is 8.43. The molecule has 2 aliphatic heterocycles. The van der Waals surface area contributed by atoms with Crippen molar-refractivity contribution in [1.29, 1.82) is 0 Å². The summed E-state index contributed by atoms with van der Waals surface area (Å²) >= 11 is 0. The third-order valence-electron chi connectivity index (χ3n) is 17.8. The fraction of sp³-hybridized carbons (Fsp3) is 0.443. The molecule has 2 N–H and O–H groups in total. The van der Waals surface area contributed by atoms with Gasteiger partial charge in [0.05, 0.1) is 11.4 Å². The van der Waals surface area contributed by atoms with Crippen LogP contribution < -0.4 is 11.1 Å². The number of likely N-dealkylation sites (tertiary alicyclic amines) is 2. The van der Waals surface area contributed by atoms with Gasteiger partial charge in [-0.3, -0.25) is 24.3 Å². The molecule has 0 bridgehead atoms. The summed E-state index contributed by atoms with van der Waals surface area (Å²) in [6.45, 7) is 11.1. The van der Waals surface area contributed by atoms with Crippen LogP contribution in [0.1, 0.15) is 94.7 Å². The number of aryl methyl sites for hydroxylation is 4. The molecule has 3 aromatic carbocycles. The standard InChI is InChI=1S/C61H72N8O5/c1-8-38-28-48(58(70)62-56(38)40-18-21-52-44(24-40)26-46(66(52)6)33-68-31-42-16-13-17-55(51(42)36-68)65(5)30-37-14-11-10-12-15-37)60(72)74-61(73)49-29-39(9-2)57(63-59(49)71)41-19-22-53-45(25-41)27-47(67(53)7)34-69-32-43-20-23-54(64(3)4)50(43)35-69/h10-12,14-15,18-19,21-22,24-29,42-43,50-51,54-55H,8-9,13,16-17,20,23,30-36H2,1-7H3,(H,62,70)(H,63,71)/t42-,43-,50+,51+,54-,55-/m1/s1. The first kappa shape index (κ1) is 49.8. The quantitative estimate of drug-likeness (QED) is 0.0810. The molecule has 74 heavy (non-hydrogen) atoms. The molecule has 4 aliphatic rings. The van der Waals surface area contributed by atoms with E-state index in [0.717, 1.165) is 102 Å². The van der Waals surface area contributed by atoms with Crippen LogP contribution >= 0.6 is 0 Å². The summed E-state index contributed by atoms with van der Waals surface area (Å²) in [6.07, 6.45) is 7.42. The van der Waals surface area contributed by atoms with Gasteiger partial charge in [-0.15, -0.1) is 0 Å². The molecule has 11 rings (SSSR count). The summed E-state index contributed by atoms with van der Waals surface area (Å²) in [6, 6.07) is 31.9. The monoisotopic (exact) mass is 997 g/mol. The lowest BCUT2D eigenvalue weighted by Crippen LogP contribution is -2.43. The average molecular weight is 997 g/mol. The van der Waals surface area contributed by atoms with E-state index in [2.05, 4.69) is 141 Å². The number of aromatic nitrogens is 4. The van der Waals surface area contributed by atoms with E-state index in [1.54, 1.807) is 0 Å². The number of nitrogens with zero attached hydrogens (tertiary/aromatic N) is 6. The zero-order valence-electron chi connectivity index (χ0n) is 44.2. The van der Waals surface area contributed by atoms with Crippen LogP contribution in [0.4, 0.5) is 0 Å². The van der Waals surface area contributed by atoms with Gasteiger partial charge >= 0.3 is 11.9 Å². The van der Waals surface area contributed by atoms with Crippen LogP contribution in [0.5, 0.6) is 0 Å². The Morgan fingerprint density at radius 1 is 0.608 bits per heavy atom. The second kappa shape index (κ2) is 20.4. The summed E-state index contributed by atoms with van der Waals surface area (Å²) in [5.74, 6) is 0.613. The van der Waals surface area contributed by atoms with Gasteiger partial charge in [0.25, 0.3) is 11.1 Å². The maximum absolute atomic E-state index is 13.7. The number of hydrogen-bond acceptors (Lipinski definition) is 9. The van der Waals surface area contributed by atoms with E-state index in [4.69, 9.17) is 4.74 Å². The molecule has 2 aliphatic carbocycles. The highest BCUT2D eigenvalue weighted by Crippen LogP contribution is 2.42. The number of fused-ring (bicyclic) bond motifs is 4. The number of rotatable bonds is 14. The third-order valence-corrected chi connectivity index (χ3v) is 17.8. The lowest BCUT2D eigenvalue weighted by molar-refractivity contribution is 0.0395. The fourth-order valence-electron chi connectivity index (χ4n) is 13.9. The minimum atomic E-state index is -1.11. The van der Waals surface area contributed by atoms with Gasteiger partial charge in [0.2, 0.25) is 0 Å². The molecule has 7 aromatic rings. The summed E-state index contributed by atoms with van der Waals surface area (Å²) in [7, 11) is 11.0. The molecule has 386 valence electrons. The first-order chi connectivity index (χ1) is 35.7. The highest BCUT2D eigenvalue weighted by molar-refractivity contribution is 6.03. The first-order valence-corrected chi connectivity index (χ1v) is 27.1. The minimum absolute atomic E-state index is 0.299. The Bertz CT molecular complexity index is 3380. The van der Waals surface area contributed by atoms with Gasteiger partial charge in [0, 0.05) is 105 Å². The van der Waals surface area contributed by atoms with Gasteiger partial charge in [-0.1, -0.05) is 62.7 Å². The SMILES string of the molecule is CCc1cc(C(=O)OC(=O)c2cc(CC)c(-c3ccc4c(c3)cc(CN3C[C@H]5CCC[C@@H](N(C)Cc6ccccc6)[C@H]5C3)n4C)[nH]c2=O)c(=O)[nH]c1-c1ccc2c(c1)cc(CN1C[C@H]3CC[C@@H](N(C)C)[C@H]3C1)n2C. The van der Waals surface area contributed by atoms with Crippen LogP contribution in [0.15, 0.2) is 101 Å². The number of benzene rings is 3. The highest BCUT2D eigenvalue weighted by atomic mass is 16.6. The number of hydrogen-bond donors (Lipinski definition) is 2. The zero-order chi connectivity index (χ0) is 51.5. The molecule has 6 heterocycles. The van der Waals surface area contributed by atoms with E-state index in [-0.39, 0.29) is 11.1 Å². The predicted molar refractivity (Wildman–Crippen MR) is 293 cm³/mol. The number of carbonyl (C=O) groups is 2. The minimum Gasteiger partial charge on any atom is -0.385 e. The van der Waals surface area contributed by atoms with E-state index < -0.39 is 23.1 Å². The molecule has 13 heteroatoms. The zero-order valence-corrected chi connectivity index (χ0v) is 44.2. The molecule has 2 saturated carbocycles. The van der Waals surface area contributed by atoms with Crippen molar-refractivity contribution < 1.29 is 14.3 Å². The third kappa shape index (κ3) is 9.41. The van der Waals surface area contributed by atoms with Crippen LogP contribution in [-0.2, 0) is 51.3 Å². The van der Waals surface area contributed by atoms with Crippen LogP contribution in [0.25, 0.3) is 44.3 Å². The van der Waals surface area contributed by atoms with Crippen molar-refractivity contribution in [3.05, 3.63) is 151 Å². The van der Waals surface area contributed by atoms with Crippen molar-refractivity contribution in [3.8, 4) is 22.5 Å². The molecule has 0 radical (unpaired) electrons. The average Bonchev–Trinajstić information content (AvgIpc) is 4.23. The molecule has 0 unspecified atom stereocenters. The second-order valence-corrected chi connectivity index (χ2v) is 22.4. The number of nitrogens with one attached hydrogen (secondary N) is 2. The van der Waals surface area contributed by atoms with Crippen molar-refractivity contribution >= 4 is 33.7 Å². The predicted octanol–water partition coefficient (Wildman–Crippen LogP) is 9.01. The number of carbonyl (C=O) groups excluding carboxylic acids is 2. The normalized spacial score (nSPS) is 22.1. The van der Waals surface area contributed by atoms with Gasteiger partial charge in [-0.25, -0.2) is 9.59 Å². The number of ether oxygens (including phenoxy) is 1. The molecular formula is C61H72N8O5. The van der Waals surface area contributed by atoms with Crippen molar-refractivity contribution in [2.45, 2.75) is 90.5 Å². The number of aromatic amines is 2. The van der Waals surface area contributed by atoms with Crippen molar-refractivity contribution in [2.24, 2.45) is 37.8 Å². The van der Waals surface area contributed by atoms with Crippen molar-refractivity contribution in [2.75, 3.05) is 47.3 Å². The molecule has 6 atom stereocenters. The Hall–Kier alpha value is -6.38. The topological polar surface area (TPSA) is 132 Å². The van der Waals surface area contributed by atoms with E-state index in [1.807, 2.05) is 26.0 Å². The Kier molecular flexibility index (Phi) is 13.7.